The third-order valence-corrected chi connectivity index (χ3v) is 18.7. The van der Waals surface area contributed by atoms with Gasteiger partial charge in [-0.2, -0.15) is 0 Å². The Morgan fingerprint density at radius 2 is 0.807 bits per heavy atom. The summed E-state index contributed by atoms with van der Waals surface area (Å²) >= 11 is 0. The Kier molecular flexibility index (Phi) is 9.64. The molecule has 0 fully saturated rings. The monoisotopic (exact) mass is 1050 g/mol. The molecule has 13 aromatic carbocycles. The molecule has 15 aromatic rings. The van der Waals surface area contributed by atoms with Crippen LogP contribution in [-0.2, 0) is 10.8 Å². The van der Waals surface area contributed by atoms with Gasteiger partial charge in [-0.3, -0.25) is 0 Å². The predicted octanol–water partition coefficient (Wildman–Crippen LogP) is 20.5. The maximum absolute atomic E-state index is 6.59. The maximum Gasteiger partial charge on any atom is 0.143 e. The predicted molar refractivity (Wildman–Crippen MR) is 342 cm³/mol. The minimum Gasteiger partial charge on any atom is -0.455 e. The van der Waals surface area contributed by atoms with Crippen molar-refractivity contribution in [2.45, 2.75) is 10.8 Å². The van der Waals surface area contributed by atoms with E-state index in [2.05, 4.69) is 307 Å². The number of anilines is 3. The lowest BCUT2D eigenvalue weighted by Crippen LogP contribution is -2.33. The number of rotatable bonds is 7. The van der Waals surface area contributed by atoms with Gasteiger partial charge >= 0.3 is 0 Å². The van der Waals surface area contributed by atoms with Crippen LogP contribution < -0.4 is 4.90 Å². The van der Waals surface area contributed by atoms with E-state index in [1.54, 1.807) is 0 Å². The maximum atomic E-state index is 6.59. The van der Waals surface area contributed by atoms with E-state index in [-0.39, 0.29) is 0 Å². The molecule has 0 N–H and O–H groups in total. The molecule has 0 saturated carbocycles. The highest BCUT2D eigenvalue weighted by molar-refractivity contribution is 6.13. The molecule has 18 rings (SSSR count). The van der Waals surface area contributed by atoms with Gasteiger partial charge in [0.2, 0.25) is 0 Å². The highest BCUT2D eigenvalue weighted by Gasteiger charge is 2.52. The number of fused-ring (bicyclic) bond motifs is 18. The fourth-order valence-corrected chi connectivity index (χ4v) is 15.4. The third-order valence-electron chi connectivity index (χ3n) is 18.7. The van der Waals surface area contributed by atoms with Crippen LogP contribution in [0.1, 0.15) is 44.5 Å². The smallest absolute Gasteiger partial charge is 0.143 e. The summed E-state index contributed by atoms with van der Waals surface area (Å²) < 4.78 is 9.11. The number of nitrogens with zero attached hydrogens (tertiary/aromatic N) is 2. The van der Waals surface area contributed by atoms with Gasteiger partial charge in [0.15, 0.2) is 0 Å². The first-order valence-electron chi connectivity index (χ1n) is 28.8. The van der Waals surface area contributed by atoms with Gasteiger partial charge in [0.25, 0.3) is 0 Å². The van der Waals surface area contributed by atoms with Gasteiger partial charge < -0.3 is 13.9 Å². The molecular weight excluding hydrogens is 1000 g/mol. The number of hydrogen-bond donors (Lipinski definition) is 0. The summed E-state index contributed by atoms with van der Waals surface area (Å²) in [6, 6.07) is 113. The fourth-order valence-electron chi connectivity index (χ4n) is 15.4. The molecule has 0 radical (unpaired) electrons. The Labute approximate surface area is 480 Å². The Morgan fingerprint density at radius 1 is 0.301 bits per heavy atom. The summed E-state index contributed by atoms with van der Waals surface area (Å²) in [5.41, 5.74) is 27.6. The normalized spacial score (nSPS) is 14.9. The Balaban J connectivity index is 0.825. The summed E-state index contributed by atoms with van der Waals surface area (Å²) in [6.07, 6.45) is 0. The Hall–Kier alpha value is -10.7. The molecule has 0 bridgehead atoms. The van der Waals surface area contributed by atoms with Crippen LogP contribution in [0, 0.1) is 0 Å². The van der Waals surface area contributed by atoms with E-state index < -0.39 is 10.8 Å². The number of hydrogen-bond acceptors (Lipinski definition) is 2. The van der Waals surface area contributed by atoms with Crippen LogP contribution in [0.4, 0.5) is 17.1 Å². The van der Waals surface area contributed by atoms with Crippen molar-refractivity contribution < 1.29 is 4.42 Å². The second-order valence-corrected chi connectivity index (χ2v) is 22.6. The number of para-hydroxylation sites is 5. The van der Waals surface area contributed by atoms with Gasteiger partial charge in [0.05, 0.1) is 27.6 Å². The average molecular weight is 1060 g/mol. The zero-order valence-electron chi connectivity index (χ0n) is 45.2. The van der Waals surface area contributed by atoms with Crippen LogP contribution in [0.2, 0.25) is 0 Å². The van der Waals surface area contributed by atoms with Gasteiger partial charge in [0.1, 0.15) is 11.2 Å². The van der Waals surface area contributed by atoms with Crippen LogP contribution in [-0.4, -0.2) is 4.57 Å². The lowest BCUT2D eigenvalue weighted by Gasteiger charge is -2.39. The molecule has 386 valence electrons. The van der Waals surface area contributed by atoms with E-state index >= 15 is 0 Å². The number of benzene rings is 13. The molecule has 83 heavy (non-hydrogen) atoms. The highest BCUT2D eigenvalue weighted by Crippen LogP contribution is 2.63. The van der Waals surface area contributed by atoms with Crippen LogP contribution in [0.5, 0.6) is 0 Å². The fraction of sp³-hybridized carbons (Fsp3) is 0.0250. The summed E-state index contributed by atoms with van der Waals surface area (Å²) in [4.78, 5) is 2.44. The van der Waals surface area contributed by atoms with Crippen molar-refractivity contribution >= 4 is 60.8 Å². The van der Waals surface area contributed by atoms with Crippen LogP contribution >= 0.6 is 0 Å². The molecule has 3 heterocycles. The zero-order valence-corrected chi connectivity index (χ0v) is 45.2. The van der Waals surface area contributed by atoms with Crippen molar-refractivity contribution in [3.8, 4) is 50.2 Å². The first-order chi connectivity index (χ1) is 41.2. The molecule has 2 aliphatic carbocycles. The first kappa shape index (κ1) is 46.1. The van der Waals surface area contributed by atoms with Gasteiger partial charge in [-0.1, -0.05) is 249 Å². The molecule has 3 nitrogen and oxygen atoms in total. The SMILES string of the molecule is c1ccc(C2(c3ccccc3)c3ccccc3-c3ccc(N(c4ccc(-c5cccc6c5-c5ccccc5C65c6ccccc6-n6c7ccccc7c7cccc5c76)cc4)c4ccc(-c5cccc6c5oc5ccccc56)cc4)cc32)cc1. The van der Waals surface area contributed by atoms with E-state index in [1.807, 2.05) is 6.07 Å². The molecule has 3 heteroatoms. The first-order valence-corrected chi connectivity index (χ1v) is 28.8. The molecule has 3 aliphatic rings. The van der Waals surface area contributed by atoms with Gasteiger partial charge in [-0.25, -0.2) is 0 Å². The van der Waals surface area contributed by atoms with Crippen molar-refractivity contribution in [3.63, 3.8) is 0 Å². The molecule has 1 aliphatic heterocycles. The second kappa shape index (κ2) is 17.4. The number of aromatic nitrogens is 1. The zero-order chi connectivity index (χ0) is 54.4. The van der Waals surface area contributed by atoms with Crippen LogP contribution in [0.15, 0.2) is 308 Å². The minimum atomic E-state index is -0.558. The third kappa shape index (κ3) is 6.18. The van der Waals surface area contributed by atoms with E-state index in [1.165, 1.54) is 105 Å². The molecule has 0 saturated heterocycles. The summed E-state index contributed by atoms with van der Waals surface area (Å²) in [5.74, 6) is 0. The molecule has 0 amide bonds. The molecule has 1 atom stereocenters. The minimum absolute atomic E-state index is 0.538. The standard InChI is InChI=1S/C80H50N2O/c1-3-20-53(21-4-1)79(54-22-5-2-6-23-54)67-32-11-7-24-60(67)61-49-48-57(50-72(61)79)81(56-46-42-52(43-47-56)59-29-17-31-65-63-26-10-16-39-75(63)83-78(59)65)55-44-40-51(41-45-55)58-28-18-35-70-76(58)66-27-8-12-33-68(66)80(70)69-34-13-15-38-74(69)82-73-37-14-9-25-62(73)64-30-19-36-71(80)77(64)82/h1-50H. The Morgan fingerprint density at radius 3 is 1.57 bits per heavy atom. The quantitative estimate of drug-likeness (QED) is 0.159. The molecular formula is C80H50N2O. The average Bonchev–Trinajstić information content (AvgIpc) is 2.66. The Bertz CT molecular complexity index is 5110. The van der Waals surface area contributed by atoms with Crippen molar-refractivity contribution in [1.82, 2.24) is 4.57 Å². The molecule has 2 aromatic heterocycles. The van der Waals surface area contributed by atoms with Crippen molar-refractivity contribution in [3.05, 3.63) is 348 Å². The van der Waals surface area contributed by atoms with E-state index in [0.717, 1.165) is 50.1 Å². The molecule has 1 spiro atoms. The van der Waals surface area contributed by atoms with E-state index in [9.17, 15) is 0 Å². The summed E-state index contributed by atoms with van der Waals surface area (Å²) in [5, 5.41) is 4.81. The van der Waals surface area contributed by atoms with Gasteiger partial charge in [-0.15, -0.1) is 0 Å². The van der Waals surface area contributed by atoms with Crippen molar-refractivity contribution in [1.29, 1.82) is 0 Å². The van der Waals surface area contributed by atoms with Gasteiger partial charge in [-0.05, 0) is 138 Å². The summed E-state index contributed by atoms with van der Waals surface area (Å²) in [7, 11) is 0. The molecule has 1 unspecified atom stereocenters. The lowest BCUT2D eigenvalue weighted by atomic mass is 9.65. The van der Waals surface area contributed by atoms with Gasteiger partial charge in [0, 0.05) is 44.2 Å². The summed E-state index contributed by atoms with van der Waals surface area (Å²) in [6.45, 7) is 0. The van der Waals surface area contributed by atoms with Crippen molar-refractivity contribution in [2.75, 3.05) is 4.90 Å². The van der Waals surface area contributed by atoms with Crippen LogP contribution in [0.25, 0.3) is 93.9 Å². The topological polar surface area (TPSA) is 21.3 Å². The number of furan rings is 1. The second-order valence-electron chi connectivity index (χ2n) is 22.6. The van der Waals surface area contributed by atoms with Crippen LogP contribution in [0.3, 0.4) is 0 Å². The van der Waals surface area contributed by atoms with E-state index in [4.69, 9.17) is 4.42 Å². The van der Waals surface area contributed by atoms with E-state index in [0.29, 0.717) is 0 Å². The van der Waals surface area contributed by atoms with Crippen molar-refractivity contribution in [2.24, 2.45) is 0 Å². The highest BCUT2D eigenvalue weighted by atomic mass is 16.3. The lowest BCUT2D eigenvalue weighted by molar-refractivity contribution is 0.670. The largest absolute Gasteiger partial charge is 0.455 e.